The lowest BCUT2D eigenvalue weighted by atomic mass is 10.2. The Morgan fingerprint density at radius 3 is 2.40 bits per heavy atom. The van der Waals surface area contributed by atoms with Crippen molar-refractivity contribution in [3.8, 4) is 0 Å². The van der Waals surface area contributed by atoms with Crippen LogP contribution in [0.5, 0.6) is 0 Å². The summed E-state index contributed by atoms with van der Waals surface area (Å²) in [5.41, 5.74) is 0.868. The fourth-order valence-corrected chi connectivity index (χ4v) is 1.03. The van der Waals surface area contributed by atoms with Gasteiger partial charge in [-0.25, -0.2) is 4.79 Å². The standard InChI is InChI=1S/C7H7BrO2/c1-3-5-4(2)6(8)7(9)10-5/h3H,1-2H3/b5-3-. The lowest BCUT2D eigenvalue weighted by molar-refractivity contribution is -0.132. The van der Waals surface area contributed by atoms with Gasteiger partial charge in [-0.05, 0) is 35.9 Å². The van der Waals surface area contributed by atoms with Gasteiger partial charge in [-0.1, -0.05) is 0 Å². The molecule has 0 bridgehead atoms. The molecule has 54 valence electrons. The zero-order valence-corrected chi connectivity index (χ0v) is 7.36. The largest absolute Gasteiger partial charge is 0.423 e. The summed E-state index contributed by atoms with van der Waals surface area (Å²) in [4.78, 5) is 10.8. The Balaban J connectivity index is 3.06. The van der Waals surface area contributed by atoms with Crippen molar-refractivity contribution in [1.29, 1.82) is 0 Å². The second kappa shape index (κ2) is 2.58. The first kappa shape index (κ1) is 7.54. The molecule has 0 aromatic heterocycles. The van der Waals surface area contributed by atoms with Crippen molar-refractivity contribution in [2.45, 2.75) is 13.8 Å². The monoisotopic (exact) mass is 202 g/mol. The lowest BCUT2D eigenvalue weighted by Crippen LogP contribution is -1.92. The van der Waals surface area contributed by atoms with Crippen LogP contribution in [-0.4, -0.2) is 5.97 Å². The molecular weight excluding hydrogens is 196 g/mol. The molecule has 0 saturated carbocycles. The van der Waals surface area contributed by atoms with E-state index in [1.54, 1.807) is 6.08 Å². The van der Waals surface area contributed by atoms with Gasteiger partial charge in [-0.3, -0.25) is 0 Å². The van der Waals surface area contributed by atoms with Crippen LogP contribution in [0.4, 0.5) is 0 Å². The van der Waals surface area contributed by atoms with Crippen LogP contribution in [0.2, 0.25) is 0 Å². The minimum Gasteiger partial charge on any atom is -0.423 e. The van der Waals surface area contributed by atoms with Gasteiger partial charge in [-0.15, -0.1) is 0 Å². The first-order chi connectivity index (χ1) is 4.66. The van der Waals surface area contributed by atoms with Gasteiger partial charge in [0.1, 0.15) is 10.2 Å². The van der Waals surface area contributed by atoms with E-state index in [4.69, 9.17) is 4.74 Å². The number of halogens is 1. The zero-order valence-electron chi connectivity index (χ0n) is 5.77. The van der Waals surface area contributed by atoms with E-state index < -0.39 is 0 Å². The number of hydrogen-bond donors (Lipinski definition) is 0. The highest BCUT2D eigenvalue weighted by molar-refractivity contribution is 9.12. The Morgan fingerprint density at radius 2 is 2.20 bits per heavy atom. The maximum atomic E-state index is 10.8. The molecule has 0 saturated heterocycles. The second-order valence-corrected chi connectivity index (χ2v) is 2.77. The molecule has 1 heterocycles. The van der Waals surface area contributed by atoms with Crippen LogP contribution in [0.1, 0.15) is 13.8 Å². The molecule has 0 fully saturated rings. The molecule has 0 atom stereocenters. The summed E-state index contributed by atoms with van der Waals surface area (Å²) in [6, 6.07) is 0. The summed E-state index contributed by atoms with van der Waals surface area (Å²) >= 11 is 3.11. The summed E-state index contributed by atoms with van der Waals surface area (Å²) < 4.78 is 5.36. The first-order valence-corrected chi connectivity index (χ1v) is 3.71. The molecule has 2 nitrogen and oxygen atoms in total. The van der Waals surface area contributed by atoms with Gasteiger partial charge in [0.05, 0.1) is 0 Å². The summed E-state index contributed by atoms with van der Waals surface area (Å²) in [7, 11) is 0. The highest BCUT2D eigenvalue weighted by Gasteiger charge is 2.23. The van der Waals surface area contributed by atoms with Crippen molar-refractivity contribution in [3.05, 3.63) is 21.9 Å². The van der Waals surface area contributed by atoms with Gasteiger partial charge in [0.15, 0.2) is 0 Å². The van der Waals surface area contributed by atoms with Gasteiger partial charge >= 0.3 is 5.97 Å². The Bertz CT molecular complexity index is 238. The van der Waals surface area contributed by atoms with Crippen LogP contribution < -0.4 is 0 Å². The van der Waals surface area contributed by atoms with Gasteiger partial charge in [0, 0.05) is 5.57 Å². The van der Waals surface area contributed by atoms with E-state index in [0.29, 0.717) is 10.2 Å². The van der Waals surface area contributed by atoms with Gasteiger partial charge < -0.3 is 4.74 Å². The van der Waals surface area contributed by atoms with Gasteiger partial charge in [0.25, 0.3) is 0 Å². The maximum Gasteiger partial charge on any atom is 0.351 e. The van der Waals surface area contributed by atoms with Crippen molar-refractivity contribution in [1.82, 2.24) is 0 Å². The Kier molecular flexibility index (Phi) is 1.94. The van der Waals surface area contributed by atoms with Crippen LogP contribution in [0.15, 0.2) is 21.9 Å². The van der Waals surface area contributed by atoms with E-state index in [0.717, 1.165) is 5.57 Å². The fourth-order valence-electron chi connectivity index (χ4n) is 0.758. The average Bonchev–Trinajstić information content (AvgIpc) is 2.17. The average molecular weight is 203 g/mol. The van der Waals surface area contributed by atoms with Gasteiger partial charge in [0.2, 0.25) is 0 Å². The van der Waals surface area contributed by atoms with Crippen molar-refractivity contribution >= 4 is 21.9 Å². The van der Waals surface area contributed by atoms with Crippen LogP contribution >= 0.6 is 15.9 Å². The fraction of sp³-hybridized carbons (Fsp3) is 0.286. The van der Waals surface area contributed by atoms with E-state index in [-0.39, 0.29) is 5.97 Å². The van der Waals surface area contributed by atoms with E-state index in [9.17, 15) is 4.79 Å². The molecule has 1 aliphatic heterocycles. The van der Waals surface area contributed by atoms with Crippen molar-refractivity contribution in [2.24, 2.45) is 0 Å². The Hall–Kier alpha value is -0.570. The molecule has 0 radical (unpaired) electrons. The number of rotatable bonds is 0. The van der Waals surface area contributed by atoms with Crippen molar-refractivity contribution < 1.29 is 9.53 Å². The van der Waals surface area contributed by atoms with Crippen molar-refractivity contribution in [3.63, 3.8) is 0 Å². The summed E-state index contributed by atoms with van der Waals surface area (Å²) in [5.74, 6) is 0.350. The molecule has 10 heavy (non-hydrogen) atoms. The third kappa shape index (κ3) is 1.01. The first-order valence-electron chi connectivity index (χ1n) is 2.92. The molecule has 0 aromatic rings. The third-order valence-corrected chi connectivity index (χ3v) is 2.26. The summed E-state index contributed by atoms with van der Waals surface area (Å²) in [6.45, 7) is 3.67. The van der Waals surface area contributed by atoms with Crippen LogP contribution in [0.25, 0.3) is 0 Å². The minimum absolute atomic E-state index is 0.300. The number of esters is 1. The maximum absolute atomic E-state index is 10.8. The van der Waals surface area contributed by atoms with Crippen LogP contribution in [-0.2, 0) is 9.53 Å². The molecule has 0 N–H and O–H groups in total. The Morgan fingerprint density at radius 1 is 1.60 bits per heavy atom. The normalized spacial score (nSPS) is 22.3. The van der Waals surface area contributed by atoms with E-state index in [1.807, 2.05) is 13.8 Å². The molecule has 0 amide bonds. The zero-order chi connectivity index (χ0) is 7.72. The minimum atomic E-state index is -0.300. The molecule has 0 unspecified atom stereocenters. The molecule has 3 heteroatoms. The number of cyclic esters (lactones) is 1. The molecular formula is C7H7BrO2. The molecule has 0 aliphatic carbocycles. The van der Waals surface area contributed by atoms with Gasteiger partial charge in [-0.2, -0.15) is 0 Å². The lowest BCUT2D eigenvalue weighted by Gasteiger charge is -1.93. The summed E-state index contributed by atoms with van der Waals surface area (Å²) in [6.07, 6.45) is 1.77. The predicted molar refractivity (Wildman–Crippen MR) is 41.5 cm³/mol. The van der Waals surface area contributed by atoms with Crippen LogP contribution in [0.3, 0.4) is 0 Å². The number of ether oxygens (including phenoxy) is 1. The topological polar surface area (TPSA) is 26.3 Å². The quantitative estimate of drug-likeness (QED) is 0.563. The second-order valence-electron chi connectivity index (χ2n) is 1.98. The predicted octanol–water partition coefficient (Wildman–Crippen LogP) is 2.12. The molecule has 0 spiro atoms. The number of allylic oxidation sites excluding steroid dienone is 2. The number of hydrogen-bond acceptors (Lipinski definition) is 2. The van der Waals surface area contributed by atoms with Crippen molar-refractivity contribution in [2.75, 3.05) is 0 Å². The van der Waals surface area contributed by atoms with E-state index >= 15 is 0 Å². The van der Waals surface area contributed by atoms with E-state index in [2.05, 4.69) is 15.9 Å². The third-order valence-electron chi connectivity index (χ3n) is 1.34. The highest BCUT2D eigenvalue weighted by atomic mass is 79.9. The molecule has 1 rings (SSSR count). The number of carbonyl (C=O) groups is 1. The molecule has 1 aliphatic rings. The molecule has 0 aromatic carbocycles. The van der Waals surface area contributed by atoms with Crippen LogP contribution in [0, 0.1) is 0 Å². The van der Waals surface area contributed by atoms with E-state index in [1.165, 1.54) is 0 Å². The number of carbonyl (C=O) groups excluding carboxylic acids is 1. The smallest absolute Gasteiger partial charge is 0.351 e. The highest BCUT2D eigenvalue weighted by Crippen LogP contribution is 2.28. The SMILES string of the molecule is C/C=C1\OC(=O)C(Br)=C1C. The summed E-state index contributed by atoms with van der Waals surface area (Å²) in [5, 5.41) is 0. The Labute approximate surface area is 67.7 Å².